The lowest BCUT2D eigenvalue weighted by Crippen LogP contribution is -2.52. The minimum atomic E-state index is -4.02. The Hall–Kier alpha value is -2.69. The van der Waals surface area contributed by atoms with Crippen molar-refractivity contribution in [2.45, 2.75) is 49.7 Å². The third-order valence-corrected chi connectivity index (χ3v) is 11.5. The molecule has 2 atom stereocenters. The van der Waals surface area contributed by atoms with Crippen LogP contribution in [0.5, 0.6) is 11.5 Å². The number of benzene rings is 3. The lowest BCUT2D eigenvalue weighted by molar-refractivity contribution is -0.00773. The van der Waals surface area contributed by atoms with E-state index in [0.717, 1.165) is 42.0 Å². The van der Waals surface area contributed by atoms with Crippen LogP contribution in [0.3, 0.4) is 0 Å². The van der Waals surface area contributed by atoms with Gasteiger partial charge in [0.15, 0.2) is 0 Å². The monoisotopic (exact) mass is 606 g/mol. The highest BCUT2D eigenvalue weighted by Gasteiger charge is 2.36. The molecular weight excluding hydrogens is 569 g/mol. The molecule has 9 heteroatoms. The largest absolute Gasteiger partial charge is 0.489 e. The third-order valence-electron chi connectivity index (χ3n) is 9.50. The summed E-state index contributed by atoms with van der Waals surface area (Å²) in [7, 11) is -4.02. The van der Waals surface area contributed by atoms with E-state index in [4.69, 9.17) is 14.0 Å². The van der Waals surface area contributed by atoms with Gasteiger partial charge in [0.05, 0.1) is 4.90 Å². The second-order valence-corrected chi connectivity index (χ2v) is 14.8. The second-order valence-electron chi connectivity index (χ2n) is 12.3. The molecule has 0 spiro atoms. The van der Waals surface area contributed by atoms with Crippen LogP contribution in [-0.4, -0.2) is 74.2 Å². The van der Waals surface area contributed by atoms with Gasteiger partial charge >= 0.3 is 0 Å². The lowest BCUT2D eigenvalue weighted by atomic mass is 9.86. The molecule has 7 nitrogen and oxygen atoms in total. The van der Waals surface area contributed by atoms with Crippen molar-refractivity contribution < 1.29 is 22.4 Å². The zero-order chi connectivity index (χ0) is 28.8. The average molecular weight is 607 g/mol. The zero-order valence-corrected chi connectivity index (χ0v) is 25.6. The number of hydrogen-bond donors (Lipinski definition) is 1. The van der Waals surface area contributed by atoms with Crippen molar-refractivity contribution in [3.8, 4) is 11.5 Å². The SMILES string of the molecule is Cc1ccc(S(=O)(=O)O)cc1.c1cc2c(cc1O[C@@H]1CN3CCC1CC3)sc1cc(O[C@@H]3CN4CCC3CC4)ccc12. The van der Waals surface area contributed by atoms with E-state index in [1.54, 1.807) is 12.1 Å². The van der Waals surface area contributed by atoms with Crippen LogP contribution in [0.4, 0.5) is 0 Å². The first kappa shape index (κ1) is 28.1. The lowest BCUT2D eigenvalue weighted by Gasteiger charge is -2.44. The van der Waals surface area contributed by atoms with E-state index >= 15 is 0 Å². The van der Waals surface area contributed by atoms with Crippen LogP contribution < -0.4 is 9.47 Å². The number of thiophene rings is 1. The van der Waals surface area contributed by atoms with E-state index in [1.165, 1.54) is 84.2 Å². The van der Waals surface area contributed by atoms with Crippen molar-refractivity contribution in [2.24, 2.45) is 11.8 Å². The molecule has 7 heterocycles. The Balaban J connectivity index is 0.000000223. The summed E-state index contributed by atoms with van der Waals surface area (Å²) in [5.41, 5.74) is 0.956. The molecule has 4 bridgehead atoms. The summed E-state index contributed by atoms with van der Waals surface area (Å²) in [6.07, 6.45) is 5.87. The number of hydrogen-bond acceptors (Lipinski definition) is 7. The molecule has 6 fully saturated rings. The highest BCUT2D eigenvalue weighted by atomic mass is 32.2. The van der Waals surface area contributed by atoms with Crippen molar-refractivity contribution in [1.29, 1.82) is 0 Å². The first-order valence-corrected chi connectivity index (χ1v) is 17.3. The first-order valence-electron chi connectivity index (χ1n) is 15.1. The predicted octanol–water partition coefficient (Wildman–Crippen LogP) is 6.24. The Morgan fingerprint density at radius 2 is 1.17 bits per heavy atom. The minimum Gasteiger partial charge on any atom is -0.489 e. The smallest absolute Gasteiger partial charge is 0.294 e. The highest BCUT2D eigenvalue weighted by Crippen LogP contribution is 2.40. The number of aryl methyl sites for hydroxylation is 1. The highest BCUT2D eigenvalue weighted by molar-refractivity contribution is 7.85. The number of piperidine rings is 6. The number of fused-ring (bicyclic) bond motifs is 9. The van der Waals surface area contributed by atoms with E-state index < -0.39 is 10.1 Å². The maximum absolute atomic E-state index is 10.5. The van der Waals surface area contributed by atoms with Gasteiger partial charge in [0, 0.05) is 33.3 Å². The Morgan fingerprint density at radius 3 is 1.55 bits per heavy atom. The van der Waals surface area contributed by atoms with E-state index in [-0.39, 0.29) is 4.90 Å². The summed E-state index contributed by atoms with van der Waals surface area (Å²) in [5.74, 6) is 3.52. The average Bonchev–Trinajstić information content (AvgIpc) is 3.35. The van der Waals surface area contributed by atoms with Crippen molar-refractivity contribution >= 4 is 41.6 Å². The minimum absolute atomic E-state index is 0.0666. The Bertz CT molecular complexity index is 1580. The quantitative estimate of drug-likeness (QED) is 0.269. The van der Waals surface area contributed by atoms with Crippen molar-refractivity contribution in [2.75, 3.05) is 39.3 Å². The summed E-state index contributed by atoms with van der Waals surface area (Å²) in [6, 6.07) is 19.3. The number of ether oxygens (including phenoxy) is 2. The van der Waals surface area contributed by atoms with Crippen LogP contribution in [0.1, 0.15) is 31.2 Å². The summed E-state index contributed by atoms with van der Waals surface area (Å²) in [4.78, 5) is 5.04. The van der Waals surface area contributed by atoms with Crippen molar-refractivity contribution in [3.63, 3.8) is 0 Å². The molecule has 222 valence electrons. The molecule has 0 saturated carbocycles. The summed E-state index contributed by atoms with van der Waals surface area (Å²) in [6.45, 7) is 9.04. The molecule has 42 heavy (non-hydrogen) atoms. The molecular formula is C33H38N2O5S2. The van der Waals surface area contributed by atoms with Crippen molar-refractivity contribution in [3.05, 3.63) is 66.2 Å². The van der Waals surface area contributed by atoms with Gasteiger partial charge in [0.2, 0.25) is 0 Å². The summed E-state index contributed by atoms with van der Waals surface area (Å²) in [5, 5.41) is 2.66. The molecule has 6 aliphatic heterocycles. The summed E-state index contributed by atoms with van der Waals surface area (Å²) >= 11 is 1.86. The maximum atomic E-state index is 10.5. The van der Waals surface area contributed by atoms with Crippen molar-refractivity contribution in [1.82, 2.24) is 9.80 Å². The van der Waals surface area contributed by atoms with Gasteiger partial charge in [-0.3, -0.25) is 14.4 Å². The zero-order valence-electron chi connectivity index (χ0n) is 23.9. The molecule has 0 aliphatic carbocycles. The fourth-order valence-electron chi connectivity index (χ4n) is 7.03. The third kappa shape index (κ3) is 5.90. The van der Waals surface area contributed by atoms with Crippen LogP contribution in [-0.2, 0) is 10.1 Å². The Kier molecular flexibility index (Phi) is 7.65. The summed E-state index contributed by atoms with van der Waals surface area (Å²) < 4.78 is 45.1. The van der Waals surface area contributed by atoms with Gasteiger partial charge in [-0.05, 0) is 119 Å². The molecule has 0 radical (unpaired) electrons. The van der Waals surface area contributed by atoms with Crippen LogP contribution in [0.2, 0.25) is 0 Å². The second kappa shape index (κ2) is 11.4. The molecule has 0 unspecified atom stereocenters. The molecule has 1 N–H and O–H groups in total. The van der Waals surface area contributed by atoms with Crippen LogP contribution in [0.25, 0.3) is 20.2 Å². The fourth-order valence-corrected chi connectivity index (χ4v) is 8.68. The maximum Gasteiger partial charge on any atom is 0.294 e. The molecule has 4 aromatic rings. The Morgan fingerprint density at radius 1 is 0.714 bits per heavy atom. The number of rotatable bonds is 5. The van der Waals surface area contributed by atoms with Crippen LogP contribution in [0, 0.1) is 18.8 Å². The van der Waals surface area contributed by atoms with Gasteiger partial charge in [-0.25, -0.2) is 0 Å². The van der Waals surface area contributed by atoms with E-state index in [2.05, 4.69) is 46.2 Å². The van der Waals surface area contributed by atoms with Crippen LogP contribution >= 0.6 is 11.3 Å². The van der Waals surface area contributed by atoms with E-state index in [9.17, 15) is 8.42 Å². The van der Waals surface area contributed by atoms with E-state index in [1.807, 2.05) is 18.3 Å². The molecule has 0 amide bonds. The van der Waals surface area contributed by atoms with Gasteiger partial charge < -0.3 is 9.47 Å². The molecule has 10 rings (SSSR count). The number of nitrogens with zero attached hydrogens (tertiary/aromatic N) is 2. The Labute approximate surface area is 251 Å². The fraction of sp³-hybridized carbons (Fsp3) is 0.455. The van der Waals surface area contributed by atoms with Gasteiger partial charge in [-0.2, -0.15) is 8.42 Å². The van der Waals surface area contributed by atoms with Gasteiger partial charge in [-0.15, -0.1) is 11.3 Å². The van der Waals surface area contributed by atoms with Crippen LogP contribution in [0.15, 0.2) is 65.6 Å². The molecule has 6 saturated heterocycles. The standard InChI is InChI=1S/C26H30N2O2S.C7H8O3S/c1-3-21-22-4-2-20(30-24-16-28-11-7-18(24)8-12-28)14-26(22)31-25(21)13-19(1)29-23-15-27-9-5-17(23)6-10-27;1-6-2-4-7(5-3-6)11(8,9)10/h1-4,13-14,17-18,23-24H,5-12,15-16H2;2-5H,1H3,(H,8,9,10)/t23-,24-;/m1./s1. The molecule has 6 aliphatic rings. The first-order chi connectivity index (χ1) is 20.3. The van der Waals surface area contributed by atoms with Gasteiger partial charge in [0.25, 0.3) is 10.1 Å². The molecule has 1 aromatic heterocycles. The predicted molar refractivity (Wildman–Crippen MR) is 167 cm³/mol. The van der Waals surface area contributed by atoms with Gasteiger partial charge in [-0.1, -0.05) is 17.7 Å². The van der Waals surface area contributed by atoms with Gasteiger partial charge in [0.1, 0.15) is 23.7 Å². The topological polar surface area (TPSA) is 79.3 Å². The molecule has 3 aromatic carbocycles. The normalized spacial score (nSPS) is 28.4. The van der Waals surface area contributed by atoms with E-state index in [0.29, 0.717) is 12.2 Å².